The van der Waals surface area contributed by atoms with Crippen LogP contribution in [0.15, 0.2) is 62.8 Å². The highest BCUT2D eigenvalue weighted by Crippen LogP contribution is 2.20. The Morgan fingerprint density at radius 3 is 2.10 bits per heavy atom. The van der Waals surface area contributed by atoms with Gasteiger partial charge in [-0.15, -0.1) is 0 Å². The molecule has 2 N–H and O–H groups in total. The molecule has 0 saturated carbocycles. The molecule has 0 aliphatic rings. The van der Waals surface area contributed by atoms with E-state index in [2.05, 4.69) is 15.9 Å². The highest BCUT2D eigenvalue weighted by atomic mass is 79.9. The summed E-state index contributed by atoms with van der Waals surface area (Å²) in [7, 11) is -7.40. The van der Waals surface area contributed by atoms with Crippen molar-refractivity contribution in [3.63, 3.8) is 0 Å². The highest BCUT2D eigenvalue weighted by Gasteiger charge is 2.16. The van der Waals surface area contributed by atoms with Gasteiger partial charge in [-0.05, 0) is 42.0 Å². The van der Waals surface area contributed by atoms with Crippen LogP contribution in [0.25, 0.3) is 0 Å². The minimum atomic E-state index is -3.85. The lowest BCUT2D eigenvalue weighted by atomic mass is 10.2. The maximum atomic E-state index is 12.3. The van der Waals surface area contributed by atoms with Crippen LogP contribution in [0.1, 0.15) is 5.56 Å². The molecule has 0 spiro atoms. The van der Waals surface area contributed by atoms with Gasteiger partial charge in [-0.3, -0.25) is 0 Å². The zero-order chi connectivity index (χ0) is 15.7. The lowest BCUT2D eigenvalue weighted by molar-refractivity contribution is 0.593. The third-order valence-electron chi connectivity index (χ3n) is 2.76. The van der Waals surface area contributed by atoms with Crippen LogP contribution in [-0.2, 0) is 25.6 Å². The normalized spacial score (nSPS) is 12.3. The number of benzene rings is 2. The molecule has 0 bridgehead atoms. The molecule has 0 heterocycles. The standard InChI is InChI=1S/C13H12BrNO4S2/c14-11-4-6-12(7-5-11)20(16,17)9-10-2-1-3-13(8-10)21(15,18)19/h1-8H,9H2,(H2,15,18,19). The van der Waals surface area contributed by atoms with Crippen LogP contribution >= 0.6 is 15.9 Å². The van der Waals surface area contributed by atoms with Gasteiger partial charge in [-0.1, -0.05) is 28.1 Å². The Morgan fingerprint density at radius 1 is 0.905 bits per heavy atom. The zero-order valence-corrected chi connectivity index (χ0v) is 13.9. The van der Waals surface area contributed by atoms with Gasteiger partial charge in [0.2, 0.25) is 10.0 Å². The first-order chi connectivity index (χ1) is 9.68. The summed E-state index contributed by atoms with van der Waals surface area (Å²) in [5.41, 5.74) is 0.365. The molecule has 2 aromatic carbocycles. The number of primary sulfonamides is 1. The second-order valence-electron chi connectivity index (χ2n) is 4.41. The Bertz CT molecular complexity index is 859. The van der Waals surface area contributed by atoms with Crippen molar-refractivity contribution in [3.8, 4) is 0 Å². The molecule has 0 aromatic heterocycles. The molecule has 2 aromatic rings. The van der Waals surface area contributed by atoms with Crippen molar-refractivity contribution in [2.45, 2.75) is 15.5 Å². The van der Waals surface area contributed by atoms with E-state index in [4.69, 9.17) is 5.14 Å². The fourth-order valence-electron chi connectivity index (χ4n) is 1.76. The van der Waals surface area contributed by atoms with Gasteiger partial charge in [0.05, 0.1) is 15.5 Å². The van der Waals surface area contributed by atoms with E-state index in [0.29, 0.717) is 5.56 Å². The fraction of sp³-hybridized carbons (Fsp3) is 0.0769. The molecule has 0 fully saturated rings. The monoisotopic (exact) mass is 389 g/mol. The maximum Gasteiger partial charge on any atom is 0.238 e. The number of halogens is 1. The summed E-state index contributed by atoms with van der Waals surface area (Å²) in [5, 5.41) is 5.03. The predicted molar refractivity (Wildman–Crippen MR) is 82.8 cm³/mol. The Labute approximate surface area is 131 Å². The van der Waals surface area contributed by atoms with Crippen LogP contribution in [0.4, 0.5) is 0 Å². The van der Waals surface area contributed by atoms with Gasteiger partial charge in [0.1, 0.15) is 0 Å². The molecule has 0 atom stereocenters. The molecule has 8 heteroatoms. The minimum Gasteiger partial charge on any atom is -0.225 e. The van der Waals surface area contributed by atoms with E-state index in [1.165, 1.54) is 30.3 Å². The fourth-order valence-corrected chi connectivity index (χ4v) is 3.94. The summed E-state index contributed by atoms with van der Waals surface area (Å²) in [6.45, 7) is 0. The second kappa shape index (κ2) is 5.88. The summed E-state index contributed by atoms with van der Waals surface area (Å²) in [5.74, 6) is -0.294. The third-order valence-corrected chi connectivity index (χ3v) is 5.90. The van der Waals surface area contributed by atoms with E-state index in [1.807, 2.05) is 0 Å². The Hall–Kier alpha value is -1.22. The van der Waals surface area contributed by atoms with Crippen LogP contribution in [-0.4, -0.2) is 16.8 Å². The first kappa shape index (κ1) is 16.2. The van der Waals surface area contributed by atoms with Crippen molar-refractivity contribution in [1.82, 2.24) is 0 Å². The molecule has 112 valence electrons. The van der Waals surface area contributed by atoms with E-state index in [9.17, 15) is 16.8 Å². The molecule has 0 aliphatic carbocycles. The molecule has 2 rings (SSSR count). The van der Waals surface area contributed by atoms with Crippen molar-refractivity contribution >= 4 is 35.8 Å². The predicted octanol–water partition coefficient (Wildman–Crippen LogP) is 2.07. The summed E-state index contributed by atoms with van der Waals surface area (Å²) in [6, 6.07) is 11.8. The molecule has 21 heavy (non-hydrogen) atoms. The van der Waals surface area contributed by atoms with Gasteiger partial charge in [0.25, 0.3) is 0 Å². The quantitative estimate of drug-likeness (QED) is 0.865. The summed E-state index contributed by atoms with van der Waals surface area (Å²) in [4.78, 5) is 0.0673. The first-order valence-corrected chi connectivity index (χ1v) is 9.78. The molecular weight excluding hydrogens is 378 g/mol. The summed E-state index contributed by atoms with van der Waals surface area (Å²) >= 11 is 3.23. The second-order valence-corrected chi connectivity index (χ2v) is 8.87. The van der Waals surface area contributed by atoms with Crippen LogP contribution in [0.2, 0.25) is 0 Å². The van der Waals surface area contributed by atoms with Gasteiger partial charge in [-0.2, -0.15) is 0 Å². The molecular formula is C13H12BrNO4S2. The van der Waals surface area contributed by atoms with E-state index in [0.717, 1.165) is 4.47 Å². The van der Waals surface area contributed by atoms with Gasteiger partial charge in [0.15, 0.2) is 9.84 Å². The molecule has 0 saturated heterocycles. The number of rotatable bonds is 4. The largest absolute Gasteiger partial charge is 0.238 e. The third kappa shape index (κ3) is 4.13. The number of hydrogen-bond donors (Lipinski definition) is 1. The highest BCUT2D eigenvalue weighted by molar-refractivity contribution is 9.10. The summed E-state index contributed by atoms with van der Waals surface area (Å²) in [6.07, 6.45) is 0. The van der Waals surface area contributed by atoms with Crippen LogP contribution in [0.5, 0.6) is 0 Å². The zero-order valence-electron chi connectivity index (χ0n) is 10.7. The molecule has 0 radical (unpaired) electrons. The van der Waals surface area contributed by atoms with Crippen molar-refractivity contribution in [2.75, 3.05) is 0 Å². The lowest BCUT2D eigenvalue weighted by Gasteiger charge is -2.06. The molecule has 5 nitrogen and oxygen atoms in total. The number of hydrogen-bond acceptors (Lipinski definition) is 4. The van der Waals surface area contributed by atoms with Crippen LogP contribution in [0, 0.1) is 0 Å². The first-order valence-electron chi connectivity index (χ1n) is 5.78. The maximum absolute atomic E-state index is 12.3. The van der Waals surface area contributed by atoms with Crippen molar-refractivity contribution in [3.05, 3.63) is 58.6 Å². The average molecular weight is 390 g/mol. The van der Waals surface area contributed by atoms with Gasteiger partial charge < -0.3 is 0 Å². The Morgan fingerprint density at radius 2 is 1.52 bits per heavy atom. The smallest absolute Gasteiger partial charge is 0.225 e. The van der Waals surface area contributed by atoms with Gasteiger partial charge in [-0.25, -0.2) is 22.0 Å². The molecule has 0 unspecified atom stereocenters. The van der Waals surface area contributed by atoms with E-state index in [-0.39, 0.29) is 15.5 Å². The van der Waals surface area contributed by atoms with Crippen molar-refractivity contribution in [1.29, 1.82) is 0 Å². The summed E-state index contributed by atoms with van der Waals surface area (Å²) < 4.78 is 47.9. The lowest BCUT2D eigenvalue weighted by Crippen LogP contribution is -2.13. The number of nitrogens with two attached hydrogens (primary N) is 1. The van der Waals surface area contributed by atoms with Crippen LogP contribution < -0.4 is 5.14 Å². The van der Waals surface area contributed by atoms with E-state index in [1.54, 1.807) is 18.2 Å². The molecule has 0 aliphatic heterocycles. The van der Waals surface area contributed by atoms with Gasteiger partial charge in [0, 0.05) is 4.47 Å². The van der Waals surface area contributed by atoms with Crippen molar-refractivity contribution in [2.24, 2.45) is 5.14 Å². The topological polar surface area (TPSA) is 94.3 Å². The Balaban J connectivity index is 2.35. The number of sulfone groups is 1. The minimum absolute atomic E-state index is 0.106. The molecule has 0 amide bonds. The Kier molecular flexibility index (Phi) is 4.52. The number of sulfonamides is 1. The average Bonchev–Trinajstić information content (AvgIpc) is 2.38. The SMILES string of the molecule is NS(=O)(=O)c1cccc(CS(=O)(=O)c2ccc(Br)cc2)c1. The van der Waals surface area contributed by atoms with E-state index < -0.39 is 19.9 Å². The van der Waals surface area contributed by atoms with Crippen LogP contribution in [0.3, 0.4) is 0 Å². The van der Waals surface area contributed by atoms with Crippen molar-refractivity contribution < 1.29 is 16.8 Å². The van der Waals surface area contributed by atoms with E-state index >= 15 is 0 Å². The van der Waals surface area contributed by atoms with Gasteiger partial charge >= 0.3 is 0 Å².